The molecule has 1 fully saturated rings. The first-order valence-electron chi connectivity index (χ1n) is 12.2. The molecule has 0 aliphatic carbocycles. The minimum atomic E-state index is -3.62. The van der Waals surface area contributed by atoms with Crippen LogP contribution in [0.2, 0.25) is 0 Å². The molecule has 1 N–H and O–H groups in total. The number of carbonyl (C=O) groups is 2. The Morgan fingerprint density at radius 1 is 1.23 bits per heavy atom. The molecule has 9 nitrogen and oxygen atoms in total. The van der Waals surface area contributed by atoms with E-state index in [-0.39, 0.29) is 50.0 Å². The predicted molar refractivity (Wildman–Crippen MR) is 133 cm³/mol. The predicted octanol–water partition coefficient (Wildman–Crippen LogP) is 2.43. The first-order chi connectivity index (χ1) is 16.7. The van der Waals surface area contributed by atoms with Crippen LogP contribution in [0, 0.1) is 5.82 Å². The number of likely N-dealkylation sites (tertiary alicyclic amines) is 1. The highest BCUT2D eigenvalue weighted by molar-refractivity contribution is 7.89. The Kier molecular flexibility index (Phi) is 11.9. The Labute approximate surface area is 208 Å². The molecule has 1 saturated heterocycles. The van der Waals surface area contributed by atoms with E-state index in [2.05, 4.69) is 12.2 Å². The first kappa shape index (κ1) is 29.0. The summed E-state index contributed by atoms with van der Waals surface area (Å²) in [6.45, 7) is 5.27. The normalized spacial score (nSPS) is 14.8. The van der Waals surface area contributed by atoms with E-state index in [1.54, 1.807) is 21.9 Å². The van der Waals surface area contributed by atoms with Gasteiger partial charge in [0.15, 0.2) is 0 Å². The van der Waals surface area contributed by atoms with Crippen LogP contribution < -0.4 is 5.32 Å². The summed E-state index contributed by atoms with van der Waals surface area (Å²) in [7, 11) is -2.14. The Morgan fingerprint density at radius 2 is 1.94 bits per heavy atom. The highest BCUT2D eigenvalue weighted by Crippen LogP contribution is 2.21. The minimum absolute atomic E-state index is 0.0720. The van der Waals surface area contributed by atoms with Crippen LogP contribution in [0.15, 0.2) is 24.3 Å². The smallest absolute Gasteiger partial charge is 0.317 e. The number of hydrogen-bond acceptors (Lipinski definition) is 5. The molecule has 0 radical (unpaired) electrons. The molecule has 0 saturated carbocycles. The number of hydrogen-bond donors (Lipinski definition) is 1. The molecule has 0 atom stereocenters. The number of rotatable bonds is 13. The average Bonchev–Trinajstić information content (AvgIpc) is 2.85. The Balaban J connectivity index is 2.16. The van der Waals surface area contributed by atoms with E-state index in [0.717, 1.165) is 17.1 Å². The van der Waals surface area contributed by atoms with Crippen molar-refractivity contribution in [1.29, 1.82) is 0 Å². The molecule has 1 aliphatic rings. The summed E-state index contributed by atoms with van der Waals surface area (Å²) < 4.78 is 45.1. The van der Waals surface area contributed by atoms with Crippen molar-refractivity contribution in [2.45, 2.75) is 52.1 Å². The van der Waals surface area contributed by atoms with Crippen LogP contribution in [-0.4, -0.2) is 92.7 Å². The highest BCUT2D eigenvalue weighted by atomic mass is 32.2. The molecule has 0 unspecified atom stereocenters. The lowest BCUT2D eigenvalue weighted by atomic mass is 10.0. The fraction of sp³-hybridized carbons (Fsp3) is 0.667. The number of unbranched alkanes of at least 4 members (excludes halogenated alkanes) is 1. The summed E-state index contributed by atoms with van der Waals surface area (Å²) in [6.07, 6.45) is 3.02. The van der Waals surface area contributed by atoms with Crippen molar-refractivity contribution < 1.29 is 27.1 Å². The van der Waals surface area contributed by atoms with Gasteiger partial charge in [-0.15, -0.1) is 0 Å². The topological polar surface area (TPSA) is 99.3 Å². The van der Waals surface area contributed by atoms with Crippen molar-refractivity contribution in [3.63, 3.8) is 0 Å². The minimum Gasteiger partial charge on any atom is -0.383 e. The van der Waals surface area contributed by atoms with E-state index in [9.17, 15) is 22.4 Å². The quantitative estimate of drug-likeness (QED) is 0.408. The average molecular weight is 515 g/mol. The summed E-state index contributed by atoms with van der Waals surface area (Å²) >= 11 is 0. The molecule has 1 aromatic carbocycles. The number of nitrogens with one attached hydrogen (secondary N) is 1. The van der Waals surface area contributed by atoms with E-state index >= 15 is 0 Å². The number of piperidine rings is 1. The molecule has 0 spiro atoms. The van der Waals surface area contributed by atoms with Gasteiger partial charge in [-0.1, -0.05) is 25.5 Å². The van der Waals surface area contributed by atoms with Crippen LogP contribution in [0.3, 0.4) is 0 Å². The van der Waals surface area contributed by atoms with E-state index < -0.39 is 15.8 Å². The van der Waals surface area contributed by atoms with Gasteiger partial charge in [0.05, 0.1) is 18.9 Å². The summed E-state index contributed by atoms with van der Waals surface area (Å²) in [5.41, 5.74) is 0.625. The van der Waals surface area contributed by atoms with Crippen molar-refractivity contribution in [3.05, 3.63) is 35.6 Å². The molecule has 1 aromatic rings. The number of halogens is 1. The number of carbonyl (C=O) groups excluding carboxylic acids is 2. The van der Waals surface area contributed by atoms with Crippen LogP contribution in [0.5, 0.6) is 0 Å². The standard InChI is InChI=1S/C24H39FN4O5S/c1-4-6-12-26-24(31)27-13-10-22(11-14-27)29(18-20-8-7-9-21(25)17-20)23(30)19-28(15-16-34-3)35(32,33)5-2/h7-9,17,22H,4-6,10-16,18-19H2,1-3H3,(H,26,31). The van der Waals surface area contributed by atoms with Gasteiger partial charge in [-0.3, -0.25) is 4.79 Å². The zero-order chi connectivity index (χ0) is 25.8. The van der Waals surface area contributed by atoms with E-state index in [4.69, 9.17) is 4.74 Å². The van der Waals surface area contributed by atoms with Crippen LogP contribution in [0.25, 0.3) is 0 Å². The first-order valence-corrected chi connectivity index (χ1v) is 13.9. The largest absolute Gasteiger partial charge is 0.383 e. The van der Waals surface area contributed by atoms with Gasteiger partial charge in [-0.05, 0) is 43.9 Å². The van der Waals surface area contributed by atoms with Crippen molar-refractivity contribution in [2.24, 2.45) is 0 Å². The lowest BCUT2D eigenvalue weighted by Gasteiger charge is -2.39. The molecule has 11 heteroatoms. The monoisotopic (exact) mass is 514 g/mol. The maximum Gasteiger partial charge on any atom is 0.317 e. The number of ether oxygens (including phenoxy) is 1. The van der Waals surface area contributed by atoms with Crippen molar-refractivity contribution in [3.8, 4) is 0 Å². The zero-order valence-electron chi connectivity index (χ0n) is 21.0. The molecule has 1 heterocycles. The molecule has 0 bridgehead atoms. The van der Waals surface area contributed by atoms with Crippen molar-refractivity contribution in [2.75, 3.05) is 52.2 Å². The maximum absolute atomic E-state index is 13.8. The third kappa shape index (κ3) is 9.05. The Morgan fingerprint density at radius 3 is 2.54 bits per heavy atom. The van der Waals surface area contributed by atoms with Gasteiger partial charge < -0.3 is 19.9 Å². The number of benzene rings is 1. The molecule has 0 aromatic heterocycles. The maximum atomic E-state index is 13.8. The SMILES string of the molecule is CCCCNC(=O)N1CCC(N(Cc2cccc(F)c2)C(=O)CN(CCOC)S(=O)(=O)CC)CC1. The van der Waals surface area contributed by atoms with Gasteiger partial charge in [-0.2, -0.15) is 4.31 Å². The lowest BCUT2D eigenvalue weighted by Crippen LogP contribution is -2.53. The zero-order valence-corrected chi connectivity index (χ0v) is 21.9. The second-order valence-electron chi connectivity index (χ2n) is 8.68. The van der Waals surface area contributed by atoms with Crippen LogP contribution in [0.4, 0.5) is 9.18 Å². The third-order valence-corrected chi connectivity index (χ3v) is 8.00. The van der Waals surface area contributed by atoms with Gasteiger partial charge >= 0.3 is 6.03 Å². The number of nitrogens with zero attached hydrogens (tertiary/aromatic N) is 3. The van der Waals surface area contributed by atoms with Crippen LogP contribution >= 0.6 is 0 Å². The number of sulfonamides is 1. The molecular weight excluding hydrogens is 475 g/mol. The number of amides is 3. The molecule has 1 aliphatic heterocycles. The molecule has 2 rings (SSSR count). The third-order valence-electron chi connectivity index (χ3n) is 6.18. The number of urea groups is 1. The Bertz CT molecular complexity index is 922. The number of methoxy groups -OCH3 is 1. The summed E-state index contributed by atoms with van der Waals surface area (Å²) in [4.78, 5) is 29.2. The van der Waals surface area contributed by atoms with Gasteiger partial charge in [0.25, 0.3) is 0 Å². The van der Waals surface area contributed by atoms with E-state index in [1.165, 1.54) is 26.2 Å². The second-order valence-corrected chi connectivity index (χ2v) is 10.9. The fourth-order valence-electron chi connectivity index (χ4n) is 4.05. The highest BCUT2D eigenvalue weighted by Gasteiger charge is 2.32. The summed E-state index contributed by atoms with van der Waals surface area (Å²) in [6, 6.07) is 5.74. The van der Waals surface area contributed by atoms with Gasteiger partial charge in [0.2, 0.25) is 15.9 Å². The van der Waals surface area contributed by atoms with Gasteiger partial charge in [0.1, 0.15) is 5.82 Å². The van der Waals surface area contributed by atoms with Crippen LogP contribution in [0.1, 0.15) is 45.1 Å². The van der Waals surface area contributed by atoms with Gasteiger partial charge in [0, 0.05) is 45.9 Å². The van der Waals surface area contributed by atoms with Crippen molar-refractivity contribution in [1.82, 2.24) is 19.4 Å². The molecule has 35 heavy (non-hydrogen) atoms. The van der Waals surface area contributed by atoms with Crippen molar-refractivity contribution >= 4 is 22.0 Å². The second kappa shape index (κ2) is 14.4. The Hall–Kier alpha value is -2.24. The summed E-state index contributed by atoms with van der Waals surface area (Å²) in [5.74, 6) is -0.878. The lowest BCUT2D eigenvalue weighted by molar-refractivity contribution is -0.135. The van der Waals surface area contributed by atoms with Gasteiger partial charge in [-0.25, -0.2) is 17.6 Å². The fourth-order valence-corrected chi connectivity index (χ4v) is 5.08. The van der Waals surface area contributed by atoms with Crippen LogP contribution in [-0.2, 0) is 26.1 Å². The molecule has 3 amide bonds. The molecule has 198 valence electrons. The summed E-state index contributed by atoms with van der Waals surface area (Å²) in [5, 5.41) is 2.91. The van der Waals surface area contributed by atoms with E-state index in [0.29, 0.717) is 38.0 Å². The van der Waals surface area contributed by atoms with E-state index in [1.807, 2.05) is 0 Å². The molecular formula is C24H39FN4O5S.